The topological polar surface area (TPSA) is 65.0 Å². The second-order valence-corrected chi connectivity index (χ2v) is 4.67. The summed E-state index contributed by atoms with van der Waals surface area (Å²) in [7, 11) is 0. The molecule has 17 heavy (non-hydrogen) atoms. The molecule has 0 saturated heterocycles. The Labute approximate surface area is 103 Å². The summed E-state index contributed by atoms with van der Waals surface area (Å²) in [6.07, 6.45) is 0. The maximum absolute atomic E-state index is 11.5. The Balaban J connectivity index is 3.22. The molecule has 0 aliphatic carbocycles. The van der Waals surface area contributed by atoms with E-state index in [-0.39, 0.29) is 24.4 Å². The molecule has 0 rings (SSSR count). The minimum atomic E-state index is -0.348. The summed E-state index contributed by atoms with van der Waals surface area (Å²) >= 11 is 0. The molecular weight excluding hydrogens is 224 g/mol. The van der Waals surface area contributed by atoms with Crippen LogP contribution in [0.5, 0.6) is 0 Å². The van der Waals surface area contributed by atoms with Crippen molar-refractivity contribution in [3.8, 4) is 0 Å². The van der Waals surface area contributed by atoms with E-state index in [1.54, 1.807) is 0 Å². The fraction of sp³-hybridized carbons (Fsp3) is 0.917. The third-order valence-electron chi connectivity index (χ3n) is 2.05. The van der Waals surface area contributed by atoms with Crippen molar-refractivity contribution >= 4 is 5.78 Å². The molecule has 0 spiro atoms. The van der Waals surface area contributed by atoms with Gasteiger partial charge in [0.15, 0.2) is 5.78 Å². The van der Waals surface area contributed by atoms with Gasteiger partial charge in [0, 0.05) is 5.41 Å². The molecule has 1 N–H and O–H groups in total. The quantitative estimate of drug-likeness (QED) is 0.575. The number of carbonyl (C=O) groups excluding carboxylic acids is 1. The number of hydrogen-bond donors (Lipinski definition) is 1. The summed E-state index contributed by atoms with van der Waals surface area (Å²) in [6.45, 7) is 7.88. The molecule has 0 radical (unpaired) electrons. The third kappa shape index (κ3) is 10.4. The zero-order chi connectivity index (χ0) is 13.1. The molecule has 0 saturated carbocycles. The van der Waals surface area contributed by atoms with Crippen LogP contribution >= 0.6 is 0 Å². The molecule has 0 aromatic rings. The second kappa shape index (κ2) is 9.53. The van der Waals surface area contributed by atoms with Crippen molar-refractivity contribution in [2.24, 2.45) is 5.41 Å². The number of hydrogen-bond acceptors (Lipinski definition) is 5. The minimum Gasteiger partial charge on any atom is -0.394 e. The molecule has 0 heterocycles. The lowest BCUT2D eigenvalue weighted by atomic mass is 9.91. The number of aliphatic hydroxyl groups is 1. The van der Waals surface area contributed by atoms with Crippen molar-refractivity contribution in [2.75, 3.05) is 46.2 Å². The van der Waals surface area contributed by atoms with Crippen LogP contribution in [0.15, 0.2) is 0 Å². The van der Waals surface area contributed by atoms with Crippen LogP contribution in [-0.2, 0) is 19.0 Å². The molecule has 0 amide bonds. The summed E-state index contributed by atoms with van der Waals surface area (Å²) in [6, 6.07) is 0. The maximum atomic E-state index is 11.5. The van der Waals surface area contributed by atoms with Crippen LogP contribution in [0.3, 0.4) is 0 Å². The summed E-state index contributed by atoms with van der Waals surface area (Å²) in [5.74, 6) is 0.0868. The van der Waals surface area contributed by atoms with Gasteiger partial charge in [-0.15, -0.1) is 0 Å². The van der Waals surface area contributed by atoms with Gasteiger partial charge in [-0.1, -0.05) is 20.8 Å². The highest BCUT2D eigenvalue weighted by Gasteiger charge is 2.20. The summed E-state index contributed by atoms with van der Waals surface area (Å²) in [5.41, 5.74) is -0.348. The van der Waals surface area contributed by atoms with Crippen LogP contribution in [0, 0.1) is 5.41 Å². The first-order chi connectivity index (χ1) is 7.98. The van der Waals surface area contributed by atoms with E-state index < -0.39 is 0 Å². The van der Waals surface area contributed by atoms with Gasteiger partial charge in [-0.3, -0.25) is 4.79 Å². The van der Waals surface area contributed by atoms with Gasteiger partial charge in [-0.05, 0) is 0 Å². The first-order valence-corrected chi connectivity index (χ1v) is 5.86. The molecule has 0 aromatic carbocycles. The number of rotatable bonds is 10. The second-order valence-electron chi connectivity index (χ2n) is 4.67. The van der Waals surface area contributed by atoms with Gasteiger partial charge in [0.1, 0.15) is 6.61 Å². The molecule has 0 aliphatic heterocycles. The smallest absolute Gasteiger partial charge is 0.163 e. The van der Waals surface area contributed by atoms with Crippen molar-refractivity contribution in [3.63, 3.8) is 0 Å². The molecular formula is C12H24O5. The number of Topliss-reactive ketones (excluding diaryl/α,β-unsaturated/α-hetero) is 1. The van der Waals surface area contributed by atoms with E-state index in [9.17, 15) is 4.79 Å². The molecule has 0 bridgehead atoms. The number of aliphatic hydroxyl groups excluding tert-OH is 1. The highest BCUT2D eigenvalue weighted by Crippen LogP contribution is 2.14. The predicted octanol–water partition coefficient (Wildman–Crippen LogP) is 0.644. The monoisotopic (exact) mass is 248 g/mol. The standard InChI is InChI=1S/C12H24O5/c1-12(2,3)11(14)10-17-9-8-16-7-6-15-5-4-13/h13H,4-10H2,1-3H3. The first-order valence-electron chi connectivity index (χ1n) is 5.86. The summed E-state index contributed by atoms with van der Waals surface area (Å²) in [5, 5.41) is 8.44. The van der Waals surface area contributed by atoms with E-state index in [4.69, 9.17) is 19.3 Å². The Hall–Kier alpha value is -0.490. The average Bonchev–Trinajstić information content (AvgIpc) is 2.25. The van der Waals surface area contributed by atoms with Crippen molar-refractivity contribution < 1.29 is 24.1 Å². The largest absolute Gasteiger partial charge is 0.394 e. The van der Waals surface area contributed by atoms with Gasteiger partial charge in [0.25, 0.3) is 0 Å². The first kappa shape index (κ1) is 16.5. The molecule has 0 unspecified atom stereocenters. The van der Waals surface area contributed by atoms with Crippen LogP contribution < -0.4 is 0 Å². The van der Waals surface area contributed by atoms with Gasteiger partial charge in [-0.2, -0.15) is 0 Å². The fourth-order valence-corrected chi connectivity index (χ4v) is 0.886. The van der Waals surface area contributed by atoms with Gasteiger partial charge >= 0.3 is 0 Å². The summed E-state index contributed by atoms with van der Waals surface area (Å²) in [4.78, 5) is 11.5. The Morgan fingerprint density at radius 2 is 1.41 bits per heavy atom. The Kier molecular flexibility index (Phi) is 9.26. The molecule has 5 heteroatoms. The van der Waals surface area contributed by atoms with Crippen LogP contribution in [0.1, 0.15) is 20.8 Å². The lowest BCUT2D eigenvalue weighted by Gasteiger charge is -2.16. The van der Waals surface area contributed by atoms with Gasteiger partial charge in [0.2, 0.25) is 0 Å². The SMILES string of the molecule is CC(C)(C)C(=O)COCCOCCOCCO. The van der Waals surface area contributed by atoms with Crippen LogP contribution in [0.4, 0.5) is 0 Å². The van der Waals surface area contributed by atoms with Crippen LogP contribution in [-0.4, -0.2) is 57.1 Å². The van der Waals surface area contributed by atoms with Crippen molar-refractivity contribution in [1.29, 1.82) is 0 Å². The third-order valence-corrected chi connectivity index (χ3v) is 2.05. The Morgan fingerprint density at radius 3 is 1.88 bits per heavy atom. The van der Waals surface area contributed by atoms with E-state index in [0.717, 1.165) is 0 Å². The summed E-state index contributed by atoms with van der Waals surface area (Å²) < 4.78 is 15.4. The van der Waals surface area contributed by atoms with Gasteiger partial charge in [0.05, 0.1) is 39.6 Å². The van der Waals surface area contributed by atoms with E-state index in [1.165, 1.54) is 0 Å². The van der Waals surface area contributed by atoms with E-state index in [1.807, 2.05) is 20.8 Å². The normalized spacial score (nSPS) is 11.8. The van der Waals surface area contributed by atoms with E-state index in [0.29, 0.717) is 33.0 Å². The molecule has 5 nitrogen and oxygen atoms in total. The van der Waals surface area contributed by atoms with E-state index in [2.05, 4.69) is 0 Å². The maximum Gasteiger partial charge on any atom is 0.163 e. The number of carbonyl (C=O) groups is 1. The zero-order valence-electron chi connectivity index (χ0n) is 11.0. The number of ether oxygens (including phenoxy) is 3. The van der Waals surface area contributed by atoms with Crippen molar-refractivity contribution in [3.05, 3.63) is 0 Å². The van der Waals surface area contributed by atoms with Crippen molar-refractivity contribution in [2.45, 2.75) is 20.8 Å². The minimum absolute atomic E-state index is 0.0258. The van der Waals surface area contributed by atoms with E-state index >= 15 is 0 Å². The fourth-order valence-electron chi connectivity index (χ4n) is 0.886. The van der Waals surface area contributed by atoms with Crippen molar-refractivity contribution in [1.82, 2.24) is 0 Å². The van der Waals surface area contributed by atoms with Gasteiger partial charge in [-0.25, -0.2) is 0 Å². The highest BCUT2D eigenvalue weighted by atomic mass is 16.5. The van der Waals surface area contributed by atoms with Gasteiger partial charge < -0.3 is 19.3 Å². The predicted molar refractivity (Wildman–Crippen MR) is 64.0 cm³/mol. The Morgan fingerprint density at radius 1 is 0.941 bits per heavy atom. The van der Waals surface area contributed by atoms with Crippen LogP contribution in [0.2, 0.25) is 0 Å². The number of ketones is 1. The lowest BCUT2D eigenvalue weighted by molar-refractivity contribution is -0.131. The molecule has 0 aliphatic rings. The molecule has 0 atom stereocenters. The molecule has 0 aromatic heterocycles. The molecule has 102 valence electrons. The average molecular weight is 248 g/mol. The molecule has 0 fully saturated rings. The Bertz CT molecular complexity index is 198. The zero-order valence-corrected chi connectivity index (χ0v) is 11.0. The lowest BCUT2D eigenvalue weighted by Crippen LogP contribution is -2.25. The van der Waals surface area contributed by atoms with Crippen LogP contribution in [0.25, 0.3) is 0 Å². The highest BCUT2D eigenvalue weighted by molar-refractivity contribution is 5.84.